The number of anilines is 3. The number of piperidine rings is 1. The molecule has 0 bridgehead atoms. The van der Waals surface area contributed by atoms with Gasteiger partial charge in [-0.1, -0.05) is 0 Å². The van der Waals surface area contributed by atoms with E-state index < -0.39 is 22.2 Å². The molecule has 1 aromatic carbocycles. The molecule has 1 saturated heterocycles. The van der Waals surface area contributed by atoms with Crippen LogP contribution in [0.15, 0.2) is 47.8 Å². The minimum absolute atomic E-state index is 0.0864. The van der Waals surface area contributed by atoms with Gasteiger partial charge >= 0.3 is 12.1 Å². The van der Waals surface area contributed by atoms with Crippen molar-refractivity contribution in [3.63, 3.8) is 0 Å². The average Bonchev–Trinajstić information content (AvgIpc) is 3.29. The predicted octanol–water partition coefficient (Wildman–Crippen LogP) is 3.94. The SMILES string of the molecule is CN(OC(=O)C(F)(F)F)S(=O)(=O)c1ccc(N2CCCCC2)c(Nc2cncc3[nH]ccc23)c1. The molecule has 3 aromatic rings. The zero-order valence-corrected chi connectivity index (χ0v) is 18.9. The van der Waals surface area contributed by atoms with Gasteiger partial charge < -0.3 is 20.0 Å². The lowest BCUT2D eigenvalue weighted by atomic mass is 10.1. The van der Waals surface area contributed by atoms with Gasteiger partial charge in [-0.05, 0) is 48.0 Å². The van der Waals surface area contributed by atoms with Crippen LogP contribution >= 0.6 is 0 Å². The predicted molar refractivity (Wildman–Crippen MR) is 119 cm³/mol. The van der Waals surface area contributed by atoms with E-state index in [2.05, 4.69) is 25.0 Å². The first kappa shape index (κ1) is 23.8. The van der Waals surface area contributed by atoms with Crippen LogP contribution in [0.3, 0.4) is 0 Å². The van der Waals surface area contributed by atoms with Gasteiger partial charge in [0.25, 0.3) is 10.0 Å². The Morgan fingerprint density at radius 2 is 1.88 bits per heavy atom. The number of rotatable bonds is 6. The fourth-order valence-electron chi connectivity index (χ4n) is 3.78. The fourth-order valence-corrected chi connectivity index (χ4v) is 4.75. The van der Waals surface area contributed by atoms with Gasteiger partial charge in [0.1, 0.15) is 0 Å². The van der Waals surface area contributed by atoms with Crippen LogP contribution in [0.25, 0.3) is 10.9 Å². The first-order chi connectivity index (χ1) is 16.1. The maximum Gasteiger partial charge on any atom is 0.492 e. The number of sulfonamides is 1. The molecule has 34 heavy (non-hydrogen) atoms. The zero-order chi connectivity index (χ0) is 24.5. The number of nitrogens with zero attached hydrogens (tertiary/aromatic N) is 3. The highest BCUT2D eigenvalue weighted by Crippen LogP contribution is 2.35. The number of halogens is 3. The lowest BCUT2D eigenvalue weighted by molar-refractivity contribution is -0.219. The number of carbonyl (C=O) groups is 1. The molecule has 3 heterocycles. The number of aromatic amines is 1. The number of aromatic nitrogens is 2. The summed E-state index contributed by atoms with van der Waals surface area (Å²) in [4.78, 5) is 24.2. The van der Waals surface area contributed by atoms with Crippen LogP contribution < -0.4 is 10.2 Å². The number of pyridine rings is 1. The number of H-pyrrole nitrogens is 1. The third kappa shape index (κ3) is 4.80. The summed E-state index contributed by atoms with van der Waals surface area (Å²) in [7, 11) is -3.85. The second kappa shape index (κ2) is 9.14. The summed E-state index contributed by atoms with van der Waals surface area (Å²) in [6.45, 7) is 1.55. The number of nitrogens with one attached hydrogen (secondary N) is 2. The maximum atomic E-state index is 12.9. The van der Waals surface area contributed by atoms with Crippen LogP contribution in [0.2, 0.25) is 0 Å². The lowest BCUT2D eigenvalue weighted by Crippen LogP contribution is -2.36. The van der Waals surface area contributed by atoms with Crippen molar-refractivity contribution in [3.05, 3.63) is 42.9 Å². The van der Waals surface area contributed by atoms with Crippen molar-refractivity contribution < 1.29 is 31.2 Å². The molecule has 0 spiro atoms. The van der Waals surface area contributed by atoms with Crippen molar-refractivity contribution in [2.75, 3.05) is 30.4 Å². The van der Waals surface area contributed by atoms with Crippen molar-refractivity contribution in [2.24, 2.45) is 0 Å². The van der Waals surface area contributed by atoms with Gasteiger partial charge in [-0.3, -0.25) is 4.98 Å². The highest BCUT2D eigenvalue weighted by atomic mass is 32.2. The highest BCUT2D eigenvalue weighted by Gasteiger charge is 2.43. The molecule has 1 aliphatic heterocycles. The zero-order valence-electron chi connectivity index (χ0n) is 18.1. The number of hydrogen-bond donors (Lipinski definition) is 2. The third-order valence-electron chi connectivity index (χ3n) is 5.49. The Kier molecular flexibility index (Phi) is 6.41. The van der Waals surface area contributed by atoms with Gasteiger partial charge in [0, 0.05) is 31.7 Å². The Hall–Kier alpha value is -3.32. The van der Waals surface area contributed by atoms with Crippen LogP contribution in [-0.4, -0.2) is 55.1 Å². The summed E-state index contributed by atoms with van der Waals surface area (Å²) < 4.78 is 63.3. The van der Waals surface area contributed by atoms with E-state index in [0.29, 0.717) is 11.4 Å². The molecule has 2 N–H and O–H groups in total. The van der Waals surface area contributed by atoms with Gasteiger partial charge in [0.15, 0.2) is 0 Å². The molecule has 0 atom stereocenters. The number of hydroxylamine groups is 1. The standard InChI is InChI=1S/C21H22F3N5O4S/c1-28(33-20(30)21(22,23)24)34(31,32)14-5-6-19(29-9-3-2-4-10-29)16(11-14)27-18-13-25-12-17-15(18)7-8-26-17/h5-8,11-13,26-27H,2-4,9-10H2,1H3. The van der Waals surface area contributed by atoms with E-state index in [4.69, 9.17) is 0 Å². The Morgan fingerprint density at radius 1 is 1.15 bits per heavy atom. The molecular weight excluding hydrogens is 475 g/mol. The fraction of sp³-hybridized carbons (Fsp3) is 0.333. The average molecular weight is 497 g/mol. The quantitative estimate of drug-likeness (QED) is 0.497. The molecule has 182 valence electrons. The Balaban J connectivity index is 1.72. The lowest BCUT2D eigenvalue weighted by Gasteiger charge is -2.31. The molecule has 0 aliphatic carbocycles. The molecular formula is C21H22F3N5O4S. The van der Waals surface area contributed by atoms with Crippen molar-refractivity contribution in [1.29, 1.82) is 0 Å². The summed E-state index contributed by atoms with van der Waals surface area (Å²) in [6.07, 6.45) is 2.69. The van der Waals surface area contributed by atoms with Crippen molar-refractivity contribution in [1.82, 2.24) is 14.4 Å². The minimum atomic E-state index is -5.34. The van der Waals surface area contributed by atoms with Gasteiger partial charge in [0.2, 0.25) is 0 Å². The minimum Gasteiger partial charge on any atom is -0.370 e. The number of benzene rings is 1. The summed E-state index contributed by atoms with van der Waals surface area (Å²) in [5.74, 6) is -2.63. The summed E-state index contributed by atoms with van der Waals surface area (Å²) in [5.41, 5.74) is 2.55. The van der Waals surface area contributed by atoms with Crippen LogP contribution in [0.5, 0.6) is 0 Å². The largest absolute Gasteiger partial charge is 0.492 e. The van der Waals surface area contributed by atoms with Crippen LogP contribution in [0, 0.1) is 0 Å². The summed E-state index contributed by atoms with van der Waals surface area (Å²) >= 11 is 0. The molecule has 0 radical (unpaired) electrons. The molecule has 2 aromatic heterocycles. The smallest absolute Gasteiger partial charge is 0.370 e. The van der Waals surface area contributed by atoms with Gasteiger partial charge in [0.05, 0.1) is 39.9 Å². The highest BCUT2D eigenvalue weighted by molar-refractivity contribution is 7.89. The van der Waals surface area contributed by atoms with E-state index in [9.17, 15) is 26.4 Å². The monoisotopic (exact) mass is 497 g/mol. The number of alkyl halides is 3. The van der Waals surface area contributed by atoms with E-state index >= 15 is 0 Å². The molecule has 0 unspecified atom stereocenters. The van der Waals surface area contributed by atoms with E-state index in [1.54, 1.807) is 24.7 Å². The second-order valence-corrected chi connectivity index (χ2v) is 9.70. The Labute approximate surface area is 193 Å². The third-order valence-corrected chi connectivity index (χ3v) is 7.09. The summed E-state index contributed by atoms with van der Waals surface area (Å²) in [5, 5.41) is 4.04. The molecule has 9 nitrogen and oxygen atoms in total. The van der Waals surface area contributed by atoms with Gasteiger partial charge in [-0.15, -0.1) is 0 Å². The van der Waals surface area contributed by atoms with E-state index in [-0.39, 0.29) is 9.36 Å². The van der Waals surface area contributed by atoms with Crippen molar-refractivity contribution >= 4 is 44.0 Å². The first-order valence-electron chi connectivity index (χ1n) is 10.4. The Bertz CT molecular complexity index is 1300. The topological polar surface area (TPSA) is 108 Å². The van der Waals surface area contributed by atoms with E-state index in [0.717, 1.165) is 56.0 Å². The summed E-state index contributed by atoms with van der Waals surface area (Å²) in [6, 6.07) is 6.01. The molecule has 0 saturated carbocycles. The van der Waals surface area contributed by atoms with Gasteiger partial charge in [-0.25, -0.2) is 13.2 Å². The molecule has 0 amide bonds. The van der Waals surface area contributed by atoms with Crippen LogP contribution in [0.1, 0.15) is 19.3 Å². The van der Waals surface area contributed by atoms with Crippen molar-refractivity contribution in [2.45, 2.75) is 30.3 Å². The van der Waals surface area contributed by atoms with Crippen molar-refractivity contribution in [3.8, 4) is 0 Å². The number of hydrogen-bond acceptors (Lipinski definition) is 7. The Morgan fingerprint density at radius 3 is 2.59 bits per heavy atom. The molecule has 1 aliphatic rings. The molecule has 1 fully saturated rings. The van der Waals surface area contributed by atoms with E-state index in [1.165, 1.54) is 12.1 Å². The number of fused-ring (bicyclic) bond motifs is 1. The van der Waals surface area contributed by atoms with E-state index in [1.807, 2.05) is 6.07 Å². The maximum absolute atomic E-state index is 12.9. The molecule has 13 heteroatoms. The second-order valence-electron chi connectivity index (χ2n) is 7.77. The first-order valence-corrected chi connectivity index (χ1v) is 11.9. The van der Waals surface area contributed by atoms with Crippen LogP contribution in [-0.2, 0) is 19.7 Å². The van der Waals surface area contributed by atoms with Crippen LogP contribution in [0.4, 0.5) is 30.2 Å². The molecule has 4 rings (SSSR count). The number of carbonyl (C=O) groups excluding carboxylic acids is 1. The van der Waals surface area contributed by atoms with Gasteiger partial charge in [-0.2, -0.15) is 13.2 Å². The normalized spacial score (nSPS) is 15.0.